The Bertz CT molecular complexity index is 516. The molecule has 0 aromatic heterocycles. The van der Waals surface area contributed by atoms with Gasteiger partial charge in [-0.3, -0.25) is 4.79 Å². The first-order valence-corrected chi connectivity index (χ1v) is 17.7. The van der Waals surface area contributed by atoms with Crippen molar-refractivity contribution in [3.8, 4) is 0 Å². The van der Waals surface area contributed by atoms with Crippen LogP contribution in [-0.4, -0.2) is 123 Å². The van der Waals surface area contributed by atoms with E-state index in [1.807, 2.05) is 0 Å². The van der Waals surface area contributed by atoms with E-state index >= 15 is 0 Å². The van der Waals surface area contributed by atoms with Crippen molar-refractivity contribution in [3.63, 3.8) is 0 Å². The Balaban J connectivity index is 3.09. The van der Waals surface area contributed by atoms with Crippen LogP contribution < -0.4 is 0 Å². The summed E-state index contributed by atoms with van der Waals surface area (Å²) in [6.45, 7) is 11.2. The van der Waals surface area contributed by atoms with Crippen molar-refractivity contribution in [2.75, 3.05) is 117 Å². The number of esters is 1. The van der Waals surface area contributed by atoms with Crippen LogP contribution in [0.25, 0.3) is 0 Å². The van der Waals surface area contributed by atoms with E-state index in [9.17, 15) is 4.79 Å². The van der Waals surface area contributed by atoms with Crippen LogP contribution >= 0.6 is 22.6 Å². The molecule has 0 aliphatic heterocycles. The van der Waals surface area contributed by atoms with Crippen molar-refractivity contribution < 1.29 is 47.4 Å². The van der Waals surface area contributed by atoms with Crippen molar-refractivity contribution in [2.24, 2.45) is 0 Å². The van der Waals surface area contributed by atoms with Gasteiger partial charge >= 0.3 is 5.97 Å². The fourth-order valence-corrected chi connectivity index (χ4v) is 4.17. The highest BCUT2D eigenvalue weighted by atomic mass is 127. The molecule has 0 atom stereocenters. The molecule has 0 spiro atoms. The lowest BCUT2D eigenvalue weighted by Gasteiger charge is -2.09. The molecule has 252 valence electrons. The highest BCUT2D eigenvalue weighted by Crippen LogP contribution is 2.07. The highest BCUT2D eigenvalue weighted by molar-refractivity contribution is 14.1. The van der Waals surface area contributed by atoms with Gasteiger partial charge in [0.15, 0.2) is 0 Å². The first kappa shape index (κ1) is 41.9. The van der Waals surface area contributed by atoms with Crippen LogP contribution in [-0.2, 0) is 47.4 Å². The third-order valence-corrected chi connectivity index (χ3v) is 6.76. The van der Waals surface area contributed by atoms with E-state index in [0.717, 1.165) is 25.9 Å². The Kier molecular flexibility index (Phi) is 38.8. The molecular formula is C31H61IO10. The van der Waals surface area contributed by atoms with E-state index in [4.69, 9.17) is 42.6 Å². The molecule has 42 heavy (non-hydrogen) atoms. The quantitative estimate of drug-likeness (QED) is 0.0359. The number of carbonyl (C=O) groups excluding carboxylic acids is 1. The number of ether oxygens (including phenoxy) is 9. The van der Waals surface area contributed by atoms with Gasteiger partial charge in [-0.15, -0.1) is 0 Å². The smallest absolute Gasteiger partial charge is 0.305 e. The molecule has 0 heterocycles. The molecule has 0 saturated heterocycles. The Hall–Kier alpha value is -0.120. The summed E-state index contributed by atoms with van der Waals surface area (Å²) in [4.78, 5) is 11.6. The predicted molar refractivity (Wildman–Crippen MR) is 173 cm³/mol. The maximum absolute atomic E-state index is 11.6. The third kappa shape index (κ3) is 37.9. The minimum absolute atomic E-state index is 0.138. The lowest BCUT2D eigenvalue weighted by Crippen LogP contribution is -2.15. The standard InChI is InChI=1S/C31H61IO10/c1-2-3-4-5-6-9-12-31(33)42-30-29-41-28-27-40-26-25-39-24-23-38-22-21-37-20-19-36-18-17-35-16-15-34-14-11-8-7-10-13-32/h2-30H2,1H3. The number of halogens is 1. The molecule has 0 unspecified atom stereocenters. The van der Waals surface area contributed by atoms with Crippen LogP contribution in [0.3, 0.4) is 0 Å². The topological polar surface area (TPSA) is 100 Å². The Morgan fingerprint density at radius 2 is 0.738 bits per heavy atom. The summed E-state index contributed by atoms with van der Waals surface area (Å²) in [5, 5.41) is 0. The van der Waals surface area contributed by atoms with Crippen LogP contribution in [0.4, 0.5) is 0 Å². The molecule has 0 amide bonds. The number of hydrogen-bond donors (Lipinski definition) is 0. The monoisotopic (exact) mass is 720 g/mol. The second-order valence-corrected chi connectivity index (χ2v) is 10.8. The molecule has 11 heteroatoms. The van der Waals surface area contributed by atoms with Gasteiger partial charge in [-0.2, -0.15) is 0 Å². The summed E-state index contributed by atoms with van der Waals surface area (Å²) in [5.41, 5.74) is 0. The minimum atomic E-state index is -0.138. The van der Waals surface area contributed by atoms with Crippen LogP contribution in [0, 0.1) is 0 Å². The maximum Gasteiger partial charge on any atom is 0.305 e. The van der Waals surface area contributed by atoms with Crippen molar-refractivity contribution >= 4 is 28.6 Å². The van der Waals surface area contributed by atoms with Crippen molar-refractivity contribution in [1.82, 2.24) is 0 Å². The van der Waals surface area contributed by atoms with E-state index in [0.29, 0.717) is 112 Å². The van der Waals surface area contributed by atoms with E-state index in [1.165, 1.54) is 49.4 Å². The van der Waals surface area contributed by atoms with Gasteiger partial charge in [0.2, 0.25) is 0 Å². The van der Waals surface area contributed by atoms with Gasteiger partial charge in [0, 0.05) is 13.0 Å². The van der Waals surface area contributed by atoms with Crippen LogP contribution in [0.1, 0.15) is 77.6 Å². The average molecular weight is 721 g/mol. The molecule has 0 bridgehead atoms. The number of carbonyl (C=O) groups is 1. The SMILES string of the molecule is CCCCCCCCC(=O)OCCOCCOCCOCCOCCOCCOCCOCCOCCCCCCI. The zero-order valence-corrected chi connectivity index (χ0v) is 28.6. The Morgan fingerprint density at radius 3 is 1.17 bits per heavy atom. The van der Waals surface area contributed by atoms with Gasteiger partial charge < -0.3 is 42.6 Å². The van der Waals surface area contributed by atoms with Gasteiger partial charge in [-0.25, -0.2) is 0 Å². The van der Waals surface area contributed by atoms with E-state index in [2.05, 4.69) is 29.5 Å². The van der Waals surface area contributed by atoms with E-state index < -0.39 is 0 Å². The third-order valence-electron chi connectivity index (χ3n) is 6.00. The first-order valence-electron chi connectivity index (χ1n) is 16.1. The normalized spacial score (nSPS) is 11.4. The highest BCUT2D eigenvalue weighted by Gasteiger charge is 2.02. The number of unbranched alkanes of at least 4 members (excludes halogenated alkanes) is 8. The fraction of sp³-hybridized carbons (Fsp3) is 0.968. The number of alkyl halides is 1. The molecule has 0 rings (SSSR count). The van der Waals surface area contributed by atoms with Gasteiger partial charge in [0.25, 0.3) is 0 Å². The molecule has 0 radical (unpaired) electrons. The van der Waals surface area contributed by atoms with E-state index in [1.54, 1.807) is 0 Å². The lowest BCUT2D eigenvalue weighted by atomic mass is 10.1. The van der Waals surface area contributed by atoms with Gasteiger partial charge in [-0.1, -0.05) is 74.5 Å². The molecule has 0 N–H and O–H groups in total. The summed E-state index contributed by atoms with van der Waals surface area (Å²) in [6.07, 6.45) is 12.4. The maximum atomic E-state index is 11.6. The summed E-state index contributed by atoms with van der Waals surface area (Å²) in [5.74, 6) is -0.138. The number of rotatable bonds is 37. The minimum Gasteiger partial charge on any atom is -0.463 e. The fourth-order valence-electron chi connectivity index (χ4n) is 3.63. The molecule has 0 aromatic carbocycles. The Labute approximate surface area is 269 Å². The second-order valence-electron chi connectivity index (χ2n) is 9.74. The van der Waals surface area contributed by atoms with Crippen LogP contribution in [0.5, 0.6) is 0 Å². The largest absolute Gasteiger partial charge is 0.463 e. The predicted octanol–water partition coefficient (Wildman–Crippen LogP) is 5.41. The lowest BCUT2D eigenvalue weighted by molar-refractivity contribution is -0.145. The summed E-state index contributed by atoms with van der Waals surface area (Å²) in [7, 11) is 0. The second kappa shape index (κ2) is 38.9. The Morgan fingerprint density at radius 1 is 0.405 bits per heavy atom. The van der Waals surface area contributed by atoms with Gasteiger partial charge in [0.1, 0.15) is 6.61 Å². The molecule has 0 fully saturated rings. The zero-order valence-electron chi connectivity index (χ0n) is 26.5. The average Bonchev–Trinajstić information content (AvgIpc) is 3.00. The van der Waals surface area contributed by atoms with Crippen LogP contribution in [0.2, 0.25) is 0 Å². The summed E-state index contributed by atoms with van der Waals surface area (Å²) < 4.78 is 50.2. The van der Waals surface area contributed by atoms with Gasteiger partial charge in [0.05, 0.1) is 99.1 Å². The van der Waals surface area contributed by atoms with Crippen LogP contribution in [0.15, 0.2) is 0 Å². The molecule has 10 nitrogen and oxygen atoms in total. The molecule has 0 aromatic rings. The van der Waals surface area contributed by atoms with Crippen molar-refractivity contribution in [2.45, 2.75) is 77.6 Å². The van der Waals surface area contributed by atoms with E-state index in [-0.39, 0.29) is 5.97 Å². The molecule has 0 saturated carbocycles. The molecular weight excluding hydrogens is 659 g/mol. The zero-order chi connectivity index (χ0) is 30.4. The van der Waals surface area contributed by atoms with Crippen molar-refractivity contribution in [3.05, 3.63) is 0 Å². The summed E-state index contributed by atoms with van der Waals surface area (Å²) >= 11 is 2.42. The van der Waals surface area contributed by atoms with Gasteiger partial charge in [-0.05, 0) is 23.7 Å². The first-order chi connectivity index (χ1) is 20.8. The van der Waals surface area contributed by atoms with Crippen molar-refractivity contribution in [1.29, 1.82) is 0 Å². The number of hydrogen-bond acceptors (Lipinski definition) is 10. The molecule has 0 aliphatic rings. The molecule has 0 aliphatic carbocycles. The summed E-state index contributed by atoms with van der Waals surface area (Å²) in [6, 6.07) is 0.